The van der Waals surface area contributed by atoms with Crippen molar-refractivity contribution in [3.05, 3.63) is 12.2 Å². The van der Waals surface area contributed by atoms with Gasteiger partial charge in [-0.1, -0.05) is 64.0 Å². The van der Waals surface area contributed by atoms with E-state index in [9.17, 15) is 5.11 Å². The molecule has 0 spiro atoms. The minimum absolute atomic E-state index is 0.317. The molecule has 1 aliphatic rings. The number of aliphatic imine (C=N–C) groups is 1. The highest BCUT2D eigenvalue weighted by atomic mass is 16.3. The highest BCUT2D eigenvalue weighted by Gasteiger charge is 2.40. The van der Waals surface area contributed by atoms with E-state index >= 15 is 0 Å². The molecule has 0 bridgehead atoms. The normalized spacial score (nSPS) is 21.8. The number of aliphatic hydroxyl groups excluding tert-OH is 1. The van der Waals surface area contributed by atoms with Gasteiger partial charge in [-0.3, -0.25) is 4.48 Å². The number of hydrogen-bond donors (Lipinski definition) is 1. The zero-order valence-electron chi connectivity index (χ0n) is 17.2. The number of likely N-dealkylation sites (N-methyl/N-ethyl adjacent to an activating group) is 1. The molecular weight excluding hydrogens is 308 g/mol. The first-order valence-corrected chi connectivity index (χ1v) is 10.9. The van der Waals surface area contributed by atoms with Crippen molar-refractivity contribution in [3.63, 3.8) is 0 Å². The molecule has 0 aliphatic carbocycles. The summed E-state index contributed by atoms with van der Waals surface area (Å²) < 4.78 is 0.714. The molecule has 146 valence electrons. The van der Waals surface area contributed by atoms with Gasteiger partial charge in [0.1, 0.15) is 6.54 Å². The molecule has 0 radical (unpaired) electrons. The second-order valence-corrected chi connectivity index (χ2v) is 7.63. The molecule has 25 heavy (non-hydrogen) atoms. The zero-order chi connectivity index (χ0) is 18.4. The summed E-state index contributed by atoms with van der Waals surface area (Å²) in [5.74, 6) is 1.24. The standard InChI is InChI=1S/C22H43N2O/c1-4-6-7-8-9-10-11-12-13-14-15-16-17-18-22-23-19-20-24(22,5-2)21(3)25/h8-9,21,25H,4-7,10-20H2,1-3H3/q+1/b9-8+. The van der Waals surface area contributed by atoms with Gasteiger partial charge in [-0.25, -0.2) is 4.99 Å². The van der Waals surface area contributed by atoms with Gasteiger partial charge in [-0.15, -0.1) is 0 Å². The summed E-state index contributed by atoms with van der Waals surface area (Å²) in [4.78, 5) is 4.70. The lowest BCUT2D eigenvalue weighted by Crippen LogP contribution is -2.56. The molecular formula is C22H43N2O+. The van der Waals surface area contributed by atoms with Gasteiger partial charge >= 0.3 is 0 Å². The lowest BCUT2D eigenvalue weighted by molar-refractivity contribution is -0.882. The maximum absolute atomic E-state index is 10.2. The Kier molecular flexibility index (Phi) is 12.1. The van der Waals surface area contributed by atoms with Crippen molar-refractivity contribution in [2.75, 3.05) is 19.6 Å². The van der Waals surface area contributed by atoms with Crippen molar-refractivity contribution < 1.29 is 9.59 Å². The fourth-order valence-electron chi connectivity index (χ4n) is 3.92. The monoisotopic (exact) mass is 351 g/mol. The van der Waals surface area contributed by atoms with E-state index in [4.69, 9.17) is 4.99 Å². The first-order chi connectivity index (χ1) is 12.2. The fourth-order valence-corrected chi connectivity index (χ4v) is 3.92. The van der Waals surface area contributed by atoms with Gasteiger partial charge < -0.3 is 5.11 Å². The maximum atomic E-state index is 10.2. The van der Waals surface area contributed by atoms with Crippen LogP contribution in [0.4, 0.5) is 0 Å². The Balaban J connectivity index is 1.99. The number of nitrogens with zero attached hydrogens (tertiary/aromatic N) is 2. The van der Waals surface area contributed by atoms with Crippen molar-refractivity contribution in [3.8, 4) is 0 Å². The van der Waals surface area contributed by atoms with Crippen molar-refractivity contribution >= 4 is 5.84 Å². The lowest BCUT2D eigenvalue weighted by Gasteiger charge is -2.36. The molecule has 2 atom stereocenters. The van der Waals surface area contributed by atoms with Crippen LogP contribution in [0.5, 0.6) is 0 Å². The maximum Gasteiger partial charge on any atom is 0.200 e. The number of unbranched alkanes of at least 4 members (excludes halogenated alkanes) is 9. The van der Waals surface area contributed by atoms with E-state index < -0.39 is 0 Å². The Morgan fingerprint density at radius 3 is 2.16 bits per heavy atom. The van der Waals surface area contributed by atoms with E-state index in [2.05, 4.69) is 26.0 Å². The minimum atomic E-state index is -0.317. The van der Waals surface area contributed by atoms with E-state index in [0.717, 1.165) is 26.1 Å². The van der Waals surface area contributed by atoms with E-state index in [0.29, 0.717) is 4.48 Å². The first-order valence-electron chi connectivity index (χ1n) is 10.9. The van der Waals surface area contributed by atoms with E-state index in [1.54, 1.807) is 0 Å². The predicted octanol–water partition coefficient (Wildman–Crippen LogP) is 5.83. The average molecular weight is 352 g/mol. The average Bonchev–Trinajstić information content (AvgIpc) is 3.03. The Labute approximate surface area is 156 Å². The summed E-state index contributed by atoms with van der Waals surface area (Å²) in [5, 5.41) is 10.2. The van der Waals surface area contributed by atoms with Gasteiger partial charge in [0.05, 0.1) is 13.1 Å². The van der Waals surface area contributed by atoms with Crippen LogP contribution >= 0.6 is 0 Å². The molecule has 2 unspecified atom stereocenters. The van der Waals surface area contributed by atoms with Crippen LogP contribution < -0.4 is 0 Å². The van der Waals surface area contributed by atoms with Gasteiger partial charge in [0.15, 0.2) is 6.23 Å². The zero-order valence-corrected chi connectivity index (χ0v) is 17.2. The van der Waals surface area contributed by atoms with Gasteiger partial charge in [0.2, 0.25) is 5.84 Å². The Morgan fingerprint density at radius 2 is 1.56 bits per heavy atom. The molecule has 0 fully saturated rings. The SMILES string of the molecule is CCCC/C=C/CCCCCCCCCC1=NCC[N+]1(CC)C(C)O. The summed E-state index contributed by atoms with van der Waals surface area (Å²) in [7, 11) is 0. The molecule has 0 saturated heterocycles. The fraction of sp³-hybridized carbons (Fsp3) is 0.864. The molecule has 0 aromatic rings. The number of hydrogen-bond acceptors (Lipinski definition) is 2. The number of aliphatic hydroxyl groups is 1. The van der Waals surface area contributed by atoms with Crippen LogP contribution in [0.25, 0.3) is 0 Å². The minimum Gasteiger partial charge on any atom is -0.345 e. The smallest absolute Gasteiger partial charge is 0.200 e. The summed E-state index contributed by atoms with van der Waals surface area (Å²) in [5.41, 5.74) is 0. The van der Waals surface area contributed by atoms with Crippen LogP contribution in [-0.4, -0.2) is 41.3 Å². The third-order valence-electron chi connectivity index (χ3n) is 5.75. The third-order valence-corrected chi connectivity index (χ3v) is 5.75. The number of allylic oxidation sites excluding steroid dienone is 2. The molecule has 1 heterocycles. The summed E-state index contributed by atoms with van der Waals surface area (Å²) in [6, 6.07) is 0. The molecule has 0 aromatic heterocycles. The quantitative estimate of drug-likeness (QED) is 0.225. The highest BCUT2D eigenvalue weighted by Crippen LogP contribution is 2.23. The summed E-state index contributed by atoms with van der Waals surface area (Å²) in [6.45, 7) is 9.18. The van der Waals surface area contributed by atoms with E-state index in [1.807, 2.05) is 6.92 Å². The summed E-state index contributed by atoms with van der Waals surface area (Å²) >= 11 is 0. The second kappa shape index (κ2) is 13.5. The Hall–Kier alpha value is -0.670. The number of amidine groups is 1. The largest absolute Gasteiger partial charge is 0.345 e. The topological polar surface area (TPSA) is 32.6 Å². The molecule has 1 aliphatic heterocycles. The van der Waals surface area contributed by atoms with Crippen LogP contribution in [0.1, 0.15) is 97.8 Å². The van der Waals surface area contributed by atoms with Gasteiger partial charge in [0.25, 0.3) is 0 Å². The van der Waals surface area contributed by atoms with Crippen molar-refractivity contribution in [1.29, 1.82) is 0 Å². The lowest BCUT2D eigenvalue weighted by atomic mass is 10.1. The molecule has 0 saturated carbocycles. The molecule has 1 N–H and O–H groups in total. The molecule has 0 amide bonds. The van der Waals surface area contributed by atoms with Crippen molar-refractivity contribution in [2.24, 2.45) is 4.99 Å². The van der Waals surface area contributed by atoms with Crippen molar-refractivity contribution in [1.82, 2.24) is 0 Å². The van der Waals surface area contributed by atoms with Crippen molar-refractivity contribution in [2.45, 2.75) is 104 Å². The van der Waals surface area contributed by atoms with Gasteiger partial charge in [-0.2, -0.15) is 0 Å². The van der Waals surface area contributed by atoms with Crippen LogP contribution in [0.3, 0.4) is 0 Å². The van der Waals surface area contributed by atoms with Gasteiger partial charge in [-0.05, 0) is 32.6 Å². The highest BCUT2D eigenvalue weighted by molar-refractivity contribution is 5.76. The second-order valence-electron chi connectivity index (χ2n) is 7.63. The van der Waals surface area contributed by atoms with Gasteiger partial charge in [0, 0.05) is 13.3 Å². The molecule has 0 aromatic carbocycles. The third kappa shape index (κ3) is 8.04. The molecule has 3 nitrogen and oxygen atoms in total. The van der Waals surface area contributed by atoms with Crippen LogP contribution in [-0.2, 0) is 0 Å². The van der Waals surface area contributed by atoms with Crippen LogP contribution in [0, 0.1) is 0 Å². The number of rotatable bonds is 15. The molecule has 1 rings (SSSR count). The van der Waals surface area contributed by atoms with Crippen LogP contribution in [0.15, 0.2) is 17.1 Å². The van der Waals surface area contributed by atoms with Crippen LogP contribution in [0.2, 0.25) is 0 Å². The summed E-state index contributed by atoms with van der Waals surface area (Å²) in [6.07, 6.45) is 20.0. The first kappa shape index (κ1) is 22.4. The Bertz CT molecular complexity index is 389. The molecule has 3 heteroatoms. The van der Waals surface area contributed by atoms with E-state index in [1.165, 1.54) is 76.5 Å². The Morgan fingerprint density at radius 1 is 0.960 bits per heavy atom. The number of quaternary nitrogens is 1. The predicted molar refractivity (Wildman–Crippen MR) is 110 cm³/mol. The van der Waals surface area contributed by atoms with E-state index in [-0.39, 0.29) is 6.23 Å².